The fourth-order valence-corrected chi connectivity index (χ4v) is 2.51. The number of hydrogen-bond donors (Lipinski definition) is 0. The molecule has 0 aromatic heterocycles. The van der Waals surface area contributed by atoms with E-state index in [4.69, 9.17) is 25.8 Å². The maximum absolute atomic E-state index is 6.56. The summed E-state index contributed by atoms with van der Waals surface area (Å²) in [4.78, 5) is 0. The van der Waals surface area contributed by atoms with Crippen LogP contribution in [-0.4, -0.2) is 21.3 Å². The first-order valence-electron chi connectivity index (χ1n) is 6.67. The number of rotatable bonds is 6. The summed E-state index contributed by atoms with van der Waals surface area (Å²) in [5, 5.41) is -0.191. The zero-order chi connectivity index (χ0) is 15.2. The summed E-state index contributed by atoms with van der Waals surface area (Å²) in [7, 11) is 4.93. The number of halogens is 1. The average Bonchev–Trinajstić information content (AvgIpc) is 2.54. The predicted molar refractivity (Wildman–Crippen MR) is 84.8 cm³/mol. The molecule has 2 rings (SSSR count). The molecule has 4 heteroatoms. The van der Waals surface area contributed by atoms with Crippen LogP contribution in [0.15, 0.2) is 42.5 Å². The van der Waals surface area contributed by atoms with Crippen molar-refractivity contribution in [2.24, 2.45) is 0 Å². The molecule has 0 radical (unpaired) electrons. The van der Waals surface area contributed by atoms with Gasteiger partial charge in [-0.25, -0.2) is 0 Å². The van der Waals surface area contributed by atoms with Crippen molar-refractivity contribution in [3.63, 3.8) is 0 Å². The second kappa shape index (κ2) is 7.23. The number of benzene rings is 2. The van der Waals surface area contributed by atoms with E-state index in [1.54, 1.807) is 21.3 Å². The highest BCUT2D eigenvalue weighted by Gasteiger charge is 2.15. The van der Waals surface area contributed by atoms with E-state index in [0.29, 0.717) is 6.42 Å². The molecule has 2 aromatic carbocycles. The first-order valence-corrected chi connectivity index (χ1v) is 7.10. The molecular formula is C17H19ClO3. The van der Waals surface area contributed by atoms with Gasteiger partial charge in [0.2, 0.25) is 0 Å². The second-order valence-electron chi connectivity index (χ2n) is 4.63. The summed E-state index contributed by atoms with van der Waals surface area (Å²) < 4.78 is 15.8. The molecule has 0 aliphatic rings. The molecule has 0 spiro atoms. The minimum absolute atomic E-state index is 0.191. The first-order chi connectivity index (χ1) is 10.2. The largest absolute Gasteiger partial charge is 0.497 e. The zero-order valence-corrected chi connectivity index (χ0v) is 13.2. The van der Waals surface area contributed by atoms with Crippen LogP contribution in [0, 0.1) is 0 Å². The van der Waals surface area contributed by atoms with Gasteiger partial charge >= 0.3 is 0 Å². The molecule has 0 amide bonds. The number of alkyl halides is 1. The highest BCUT2D eigenvalue weighted by molar-refractivity contribution is 6.21. The maximum atomic E-state index is 6.56. The van der Waals surface area contributed by atoms with Crippen LogP contribution in [0.4, 0.5) is 0 Å². The Kier molecular flexibility index (Phi) is 5.34. The van der Waals surface area contributed by atoms with Gasteiger partial charge in [0, 0.05) is 5.56 Å². The van der Waals surface area contributed by atoms with Crippen molar-refractivity contribution < 1.29 is 14.2 Å². The summed E-state index contributed by atoms with van der Waals surface area (Å²) in [5.41, 5.74) is 2.06. The van der Waals surface area contributed by atoms with Gasteiger partial charge < -0.3 is 14.2 Å². The van der Waals surface area contributed by atoms with Crippen molar-refractivity contribution in [2.75, 3.05) is 21.3 Å². The van der Waals surface area contributed by atoms with Crippen molar-refractivity contribution in [2.45, 2.75) is 11.8 Å². The lowest BCUT2D eigenvalue weighted by atomic mass is 10.0. The lowest BCUT2D eigenvalue weighted by molar-refractivity contribution is 0.398. The summed E-state index contributed by atoms with van der Waals surface area (Å²) in [5.74, 6) is 2.37. The van der Waals surface area contributed by atoms with E-state index in [-0.39, 0.29) is 5.38 Å². The van der Waals surface area contributed by atoms with Crippen LogP contribution >= 0.6 is 11.6 Å². The van der Waals surface area contributed by atoms with Gasteiger partial charge in [-0.2, -0.15) is 0 Å². The van der Waals surface area contributed by atoms with Gasteiger partial charge in [-0.15, -0.1) is 11.6 Å². The highest BCUT2D eigenvalue weighted by atomic mass is 35.5. The molecule has 1 unspecified atom stereocenters. The maximum Gasteiger partial charge on any atom is 0.123 e. The van der Waals surface area contributed by atoms with Crippen molar-refractivity contribution in [1.29, 1.82) is 0 Å². The Morgan fingerprint density at radius 2 is 1.48 bits per heavy atom. The summed E-state index contributed by atoms with van der Waals surface area (Å²) in [6.45, 7) is 0. The third kappa shape index (κ3) is 3.82. The molecule has 1 atom stereocenters. The summed E-state index contributed by atoms with van der Waals surface area (Å²) in [6.07, 6.45) is 0.703. The van der Waals surface area contributed by atoms with E-state index in [1.807, 2.05) is 42.5 Å². The number of methoxy groups -OCH3 is 3. The molecule has 2 aromatic rings. The SMILES string of the molecule is COc1ccc(CC(Cl)c2cc(OC)ccc2OC)cc1. The molecule has 0 aliphatic carbocycles. The summed E-state index contributed by atoms with van der Waals surface area (Å²) >= 11 is 6.56. The highest BCUT2D eigenvalue weighted by Crippen LogP contribution is 2.35. The Morgan fingerprint density at radius 3 is 2.05 bits per heavy atom. The fourth-order valence-electron chi connectivity index (χ4n) is 2.16. The molecule has 112 valence electrons. The van der Waals surface area contributed by atoms with Crippen LogP contribution < -0.4 is 14.2 Å². The minimum Gasteiger partial charge on any atom is -0.497 e. The minimum atomic E-state index is -0.191. The Hall–Kier alpha value is -1.87. The van der Waals surface area contributed by atoms with E-state index in [2.05, 4.69) is 0 Å². The molecule has 0 saturated heterocycles. The summed E-state index contributed by atoms with van der Waals surface area (Å²) in [6, 6.07) is 13.5. The molecule has 0 saturated carbocycles. The third-order valence-electron chi connectivity index (χ3n) is 3.35. The van der Waals surface area contributed by atoms with Gasteiger partial charge in [-0.05, 0) is 42.3 Å². The predicted octanol–water partition coefficient (Wildman–Crippen LogP) is 4.24. The molecule has 0 bridgehead atoms. The molecule has 0 fully saturated rings. The van der Waals surface area contributed by atoms with Gasteiger partial charge in [-0.1, -0.05) is 12.1 Å². The van der Waals surface area contributed by atoms with Crippen LogP contribution in [0.25, 0.3) is 0 Å². The molecule has 0 heterocycles. The quantitative estimate of drug-likeness (QED) is 0.747. The Balaban J connectivity index is 2.20. The lowest BCUT2D eigenvalue weighted by Crippen LogP contribution is -2.00. The van der Waals surface area contributed by atoms with Gasteiger partial charge in [0.05, 0.1) is 26.7 Å². The molecule has 0 N–H and O–H groups in total. The van der Waals surface area contributed by atoms with E-state index < -0.39 is 0 Å². The van der Waals surface area contributed by atoms with Crippen molar-refractivity contribution in [1.82, 2.24) is 0 Å². The van der Waals surface area contributed by atoms with Crippen LogP contribution in [0.3, 0.4) is 0 Å². The normalized spacial score (nSPS) is 11.8. The molecule has 21 heavy (non-hydrogen) atoms. The topological polar surface area (TPSA) is 27.7 Å². The Morgan fingerprint density at radius 1 is 0.857 bits per heavy atom. The first kappa shape index (κ1) is 15.5. The molecule has 0 aliphatic heterocycles. The number of hydrogen-bond acceptors (Lipinski definition) is 3. The van der Waals surface area contributed by atoms with Crippen LogP contribution in [0.5, 0.6) is 17.2 Å². The van der Waals surface area contributed by atoms with Crippen molar-refractivity contribution in [3.8, 4) is 17.2 Å². The van der Waals surface area contributed by atoms with E-state index in [0.717, 1.165) is 28.4 Å². The van der Waals surface area contributed by atoms with Gasteiger partial charge in [0.1, 0.15) is 17.2 Å². The van der Waals surface area contributed by atoms with Gasteiger partial charge in [0.25, 0.3) is 0 Å². The van der Waals surface area contributed by atoms with Crippen molar-refractivity contribution in [3.05, 3.63) is 53.6 Å². The van der Waals surface area contributed by atoms with Crippen LogP contribution in [0.2, 0.25) is 0 Å². The van der Waals surface area contributed by atoms with E-state index in [1.165, 1.54) is 0 Å². The van der Waals surface area contributed by atoms with E-state index in [9.17, 15) is 0 Å². The molecule has 3 nitrogen and oxygen atoms in total. The van der Waals surface area contributed by atoms with Crippen LogP contribution in [0.1, 0.15) is 16.5 Å². The lowest BCUT2D eigenvalue weighted by Gasteiger charge is -2.15. The van der Waals surface area contributed by atoms with Gasteiger partial charge in [-0.3, -0.25) is 0 Å². The third-order valence-corrected chi connectivity index (χ3v) is 3.74. The molecular weight excluding hydrogens is 288 g/mol. The standard InChI is InChI=1S/C17H19ClO3/c1-19-13-6-4-12(5-7-13)10-16(18)15-11-14(20-2)8-9-17(15)21-3/h4-9,11,16H,10H2,1-3H3. The van der Waals surface area contributed by atoms with Crippen molar-refractivity contribution >= 4 is 11.6 Å². The smallest absolute Gasteiger partial charge is 0.123 e. The monoisotopic (exact) mass is 306 g/mol. The van der Waals surface area contributed by atoms with Gasteiger partial charge in [0.15, 0.2) is 0 Å². The average molecular weight is 307 g/mol. The number of ether oxygens (including phenoxy) is 3. The van der Waals surface area contributed by atoms with E-state index >= 15 is 0 Å². The Bertz CT molecular complexity index is 581. The fraction of sp³-hybridized carbons (Fsp3) is 0.294. The van der Waals surface area contributed by atoms with Crippen LogP contribution in [-0.2, 0) is 6.42 Å². The second-order valence-corrected chi connectivity index (χ2v) is 5.15. The Labute approximate surface area is 130 Å². The zero-order valence-electron chi connectivity index (χ0n) is 12.4.